The first-order chi connectivity index (χ1) is 9.65. The van der Waals surface area contributed by atoms with Gasteiger partial charge in [0.25, 0.3) is 0 Å². The Bertz CT molecular complexity index is 558. The Hall–Kier alpha value is -0.910. The minimum absolute atomic E-state index is 0.378. The molecule has 0 aromatic heterocycles. The van der Waals surface area contributed by atoms with Gasteiger partial charge >= 0.3 is 0 Å². The molecule has 1 rings (SSSR count). The number of hydrogen-bond acceptors (Lipinski definition) is 2. The maximum absolute atomic E-state index is 12.4. The molecule has 1 aromatic rings. The number of sulfonamides is 1. The van der Waals surface area contributed by atoms with Crippen LogP contribution >= 0.6 is 0 Å². The summed E-state index contributed by atoms with van der Waals surface area (Å²) in [7, 11) is -3.42. The lowest BCUT2D eigenvalue weighted by Crippen LogP contribution is -3.18. The van der Waals surface area contributed by atoms with Gasteiger partial charge in [0.05, 0.1) is 30.1 Å². The lowest BCUT2D eigenvalue weighted by molar-refractivity contribution is -0.941. The second kappa shape index (κ2) is 7.38. The fraction of sp³-hybridized carbons (Fsp3) is 0.625. The number of quaternary nitrogens is 1. The van der Waals surface area contributed by atoms with Gasteiger partial charge in [0.2, 0.25) is 10.0 Å². The molecule has 0 saturated carbocycles. The molecular formula is C16H29N2O2S+. The predicted octanol–water partition coefficient (Wildman–Crippen LogP) is 1.28. The summed E-state index contributed by atoms with van der Waals surface area (Å²) in [5, 5.41) is 0. The van der Waals surface area contributed by atoms with Crippen molar-refractivity contribution in [2.45, 2.75) is 58.5 Å². The molecule has 120 valence electrons. The molecule has 4 nitrogen and oxygen atoms in total. The van der Waals surface area contributed by atoms with Crippen molar-refractivity contribution in [1.82, 2.24) is 4.72 Å². The summed E-state index contributed by atoms with van der Waals surface area (Å²) in [5.41, 5.74) is 1.86. The van der Waals surface area contributed by atoms with Crippen LogP contribution in [-0.2, 0) is 10.0 Å². The van der Waals surface area contributed by atoms with Crippen molar-refractivity contribution in [3.8, 4) is 0 Å². The van der Waals surface area contributed by atoms with Gasteiger partial charge in [-0.05, 0) is 53.2 Å². The smallest absolute Gasteiger partial charge is 0.241 e. The van der Waals surface area contributed by atoms with Crippen LogP contribution in [0.3, 0.4) is 0 Å². The molecule has 5 heteroatoms. The first-order valence-electron chi connectivity index (χ1n) is 7.57. The number of nitrogens with one attached hydrogen (secondary N) is 2. The van der Waals surface area contributed by atoms with Crippen LogP contribution in [0.1, 0.15) is 38.8 Å². The lowest BCUT2D eigenvalue weighted by atomic mass is 10.2. The summed E-state index contributed by atoms with van der Waals surface area (Å²) in [6.07, 6.45) is 0. The summed E-state index contributed by atoms with van der Waals surface area (Å²) in [6.45, 7) is 13.7. The van der Waals surface area contributed by atoms with E-state index in [0.717, 1.165) is 17.7 Å². The Balaban J connectivity index is 2.73. The minimum atomic E-state index is -3.42. The van der Waals surface area contributed by atoms with E-state index in [-0.39, 0.29) is 0 Å². The third kappa shape index (κ3) is 5.09. The van der Waals surface area contributed by atoms with Gasteiger partial charge in [0, 0.05) is 0 Å². The third-order valence-corrected chi connectivity index (χ3v) is 5.43. The molecule has 0 aliphatic heterocycles. The van der Waals surface area contributed by atoms with Crippen molar-refractivity contribution in [1.29, 1.82) is 0 Å². The first kappa shape index (κ1) is 18.1. The van der Waals surface area contributed by atoms with Crippen molar-refractivity contribution in [3.63, 3.8) is 0 Å². The molecule has 0 aliphatic carbocycles. The monoisotopic (exact) mass is 313 g/mol. The molecule has 0 spiro atoms. The fourth-order valence-electron chi connectivity index (χ4n) is 2.75. The molecule has 0 amide bonds. The summed E-state index contributed by atoms with van der Waals surface area (Å²) in [4.78, 5) is 1.78. The number of rotatable bonds is 7. The van der Waals surface area contributed by atoms with E-state index in [9.17, 15) is 8.42 Å². The molecule has 0 saturated heterocycles. The molecule has 0 aliphatic rings. The van der Waals surface area contributed by atoms with Crippen LogP contribution in [0, 0.1) is 13.8 Å². The Morgan fingerprint density at radius 3 is 2.14 bits per heavy atom. The van der Waals surface area contributed by atoms with Crippen LogP contribution < -0.4 is 9.62 Å². The lowest BCUT2D eigenvalue weighted by Gasteiger charge is -2.27. The number of hydrogen-bond donors (Lipinski definition) is 2. The molecule has 21 heavy (non-hydrogen) atoms. The van der Waals surface area contributed by atoms with Crippen LogP contribution in [0.2, 0.25) is 0 Å². The van der Waals surface area contributed by atoms with Crippen molar-refractivity contribution in [2.75, 3.05) is 13.1 Å². The summed E-state index contributed by atoms with van der Waals surface area (Å²) < 4.78 is 27.5. The van der Waals surface area contributed by atoms with E-state index in [0.29, 0.717) is 23.5 Å². The number of benzene rings is 1. The van der Waals surface area contributed by atoms with E-state index in [1.165, 1.54) is 4.90 Å². The zero-order valence-corrected chi connectivity index (χ0v) is 14.8. The molecule has 0 atom stereocenters. The van der Waals surface area contributed by atoms with Crippen LogP contribution in [0.25, 0.3) is 0 Å². The largest absolute Gasteiger partial charge is 0.330 e. The van der Waals surface area contributed by atoms with Crippen LogP contribution in [0.4, 0.5) is 0 Å². The molecule has 1 aromatic carbocycles. The van der Waals surface area contributed by atoms with Crippen LogP contribution in [-0.4, -0.2) is 33.6 Å². The average molecular weight is 313 g/mol. The molecule has 0 unspecified atom stereocenters. The second-order valence-electron chi connectivity index (χ2n) is 6.30. The Kier molecular flexibility index (Phi) is 6.38. The first-order valence-corrected chi connectivity index (χ1v) is 9.06. The highest BCUT2D eigenvalue weighted by Gasteiger charge is 2.20. The van der Waals surface area contributed by atoms with Gasteiger partial charge in [-0.2, -0.15) is 0 Å². The van der Waals surface area contributed by atoms with E-state index < -0.39 is 10.0 Å². The highest BCUT2D eigenvalue weighted by molar-refractivity contribution is 7.89. The molecule has 0 heterocycles. The zero-order chi connectivity index (χ0) is 16.2. The van der Waals surface area contributed by atoms with E-state index in [2.05, 4.69) is 32.4 Å². The normalized spacial score (nSPS) is 12.6. The average Bonchev–Trinajstić information content (AvgIpc) is 2.33. The van der Waals surface area contributed by atoms with E-state index in [4.69, 9.17) is 0 Å². The Labute approximate surface area is 129 Å². The van der Waals surface area contributed by atoms with E-state index in [1.807, 2.05) is 26.0 Å². The van der Waals surface area contributed by atoms with Crippen molar-refractivity contribution < 1.29 is 13.3 Å². The predicted molar refractivity (Wildman–Crippen MR) is 87.2 cm³/mol. The van der Waals surface area contributed by atoms with Gasteiger partial charge in [0.15, 0.2) is 0 Å². The second-order valence-corrected chi connectivity index (χ2v) is 8.04. The molecule has 0 fully saturated rings. The van der Waals surface area contributed by atoms with Crippen LogP contribution in [0.5, 0.6) is 0 Å². The summed E-state index contributed by atoms with van der Waals surface area (Å²) in [6, 6.07) is 6.38. The molecule has 2 N–H and O–H groups in total. The Morgan fingerprint density at radius 2 is 1.67 bits per heavy atom. The fourth-order valence-corrected chi connectivity index (χ4v) is 4.01. The van der Waals surface area contributed by atoms with Crippen LogP contribution in [0.15, 0.2) is 23.1 Å². The van der Waals surface area contributed by atoms with Gasteiger partial charge in [-0.1, -0.05) is 17.7 Å². The summed E-state index contributed by atoms with van der Waals surface area (Å²) >= 11 is 0. The highest BCUT2D eigenvalue weighted by atomic mass is 32.2. The van der Waals surface area contributed by atoms with Gasteiger partial charge in [-0.3, -0.25) is 0 Å². The maximum Gasteiger partial charge on any atom is 0.241 e. The minimum Gasteiger partial charge on any atom is -0.330 e. The van der Waals surface area contributed by atoms with Crippen molar-refractivity contribution in [2.24, 2.45) is 0 Å². The van der Waals surface area contributed by atoms with Crippen molar-refractivity contribution in [3.05, 3.63) is 29.3 Å². The quantitative estimate of drug-likeness (QED) is 0.797. The molecule has 0 bridgehead atoms. The van der Waals surface area contributed by atoms with Gasteiger partial charge < -0.3 is 4.90 Å². The van der Waals surface area contributed by atoms with E-state index >= 15 is 0 Å². The zero-order valence-electron chi connectivity index (χ0n) is 14.0. The highest BCUT2D eigenvalue weighted by Crippen LogP contribution is 2.15. The maximum atomic E-state index is 12.4. The topological polar surface area (TPSA) is 50.6 Å². The third-order valence-electron chi connectivity index (χ3n) is 3.81. The SMILES string of the molecule is Cc1ccc(S(=O)(=O)NCC[NH+](C(C)C)C(C)C)c(C)c1. The van der Waals surface area contributed by atoms with Gasteiger partial charge in [0.1, 0.15) is 0 Å². The molecular weight excluding hydrogens is 284 g/mol. The number of aryl methyl sites for hydroxylation is 2. The van der Waals surface area contributed by atoms with Gasteiger partial charge in [-0.15, -0.1) is 0 Å². The standard InChI is InChI=1S/C16H28N2O2S/c1-12(2)18(13(3)4)10-9-17-21(19,20)16-8-7-14(5)11-15(16)6/h7-8,11-13,17H,9-10H2,1-6H3/p+1. The van der Waals surface area contributed by atoms with E-state index in [1.54, 1.807) is 6.07 Å². The summed E-state index contributed by atoms with van der Waals surface area (Å²) in [5.74, 6) is 0. The van der Waals surface area contributed by atoms with Crippen molar-refractivity contribution >= 4 is 10.0 Å². The molecule has 0 radical (unpaired) electrons. The van der Waals surface area contributed by atoms with Gasteiger partial charge in [-0.25, -0.2) is 13.1 Å². The Morgan fingerprint density at radius 1 is 1.10 bits per heavy atom.